The predicted molar refractivity (Wildman–Crippen MR) is 90.2 cm³/mol. The van der Waals surface area contributed by atoms with Crippen molar-refractivity contribution in [3.05, 3.63) is 23.8 Å². The molecule has 10 heteroatoms. The van der Waals surface area contributed by atoms with Gasteiger partial charge in [0.2, 0.25) is 10.0 Å². The van der Waals surface area contributed by atoms with Crippen molar-refractivity contribution in [1.29, 1.82) is 0 Å². The molecule has 0 aromatic heterocycles. The minimum Gasteiger partial charge on any atom is -0.399 e. The number of anilines is 1. The summed E-state index contributed by atoms with van der Waals surface area (Å²) < 4.78 is 76.7. The van der Waals surface area contributed by atoms with Crippen LogP contribution in [0.4, 0.5) is 18.9 Å². The van der Waals surface area contributed by atoms with E-state index >= 15 is 0 Å². The smallest absolute Gasteiger partial charge is 0.399 e. The second kappa shape index (κ2) is 6.17. The van der Waals surface area contributed by atoms with Crippen molar-refractivity contribution in [2.45, 2.75) is 52.0 Å². The maximum atomic E-state index is 13.2. The zero-order valence-corrected chi connectivity index (χ0v) is 15.5. The molecule has 1 aliphatic rings. The van der Waals surface area contributed by atoms with E-state index in [0.717, 1.165) is 12.1 Å². The molecule has 1 aromatic rings. The molecule has 1 saturated heterocycles. The maximum absolute atomic E-state index is 13.2. The Morgan fingerprint density at radius 1 is 1.08 bits per heavy atom. The van der Waals surface area contributed by atoms with Gasteiger partial charge < -0.3 is 9.31 Å². The number of rotatable bonds is 4. The van der Waals surface area contributed by atoms with E-state index in [4.69, 9.17) is 9.31 Å². The number of sulfonamides is 1. The highest BCUT2D eigenvalue weighted by molar-refractivity contribution is 7.92. The summed E-state index contributed by atoms with van der Waals surface area (Å²) in [6, 6.07) is 2.96. The summed E-state index contributed by atoms with van der Waals surface area (Å²) in [5.41, 5.74) is -2.51. The van der Waals surface area contributed by atoms with Crippen LogP contribution in [-0.2, 0) is 25.5 Å². The van der Waals surface area contributed by atoms with Gasteiger partial charge in [-0.05, 0) is 52.2 Å². The van der Waals surface area contributed by atoms with E-state index in [2.05, 4.69) is 4.72 Å². The van der Waals surface area contributed by atoms with Crippen molar-refractivity contribution in [2.24, 2.45) is 0 Å². The van der Waals surface area contributed by atoms with E-state index in [0.29, 0.717) is 0 Å². The molecule has 0 unspecified atom stereocenters. The molecule has 1 heterocycles. The van der Waals surface area contributed by atoms with Gasteiger partial charge in [-0.1, -0.05) is 6.07 Å². The van der Waals surface area contributed by atoms with Crippen molar-refractivity contribution in [3.8, 4) is 0 Å². The molecule has 0 aliphatic carbocycles. The third-order valence-electron chi connectivity index (χ3n) is 4.46. The number of halogens is 3. The molecule has 140 valence electrons. The Labute approximate surface area is 146 Å². The third-order valence-corrected chi connectivity index (χ3v) is 5.77. The number of hydrogen-bond donors (Lipinski definition) is 1. The fraction of sp³-hybridized carbons (Fsp3) is 0.600. The molecule has 0 radical (unpaired) electrons. The van der Waals surface area contributed by atoms with Crippen LogP contribution >= 0.6 is 0 Å². The van der Waals surface area contributed by atoms with Gasteiger partial charge in [-0.15, -0.1) is 0 Å². The zero-order valence-electron chi connectivity index (χ0n) is 14.7. The maximum Gasteiger partial charge on any atom is 0.494 e. The summed E-state index contributed by atoms with van der Waals surface area (Å²) in [6.45, 7) is 8.51. The van der Waals surface area contributed by atoms with E-state index in [-0.39, 0.29) is 16.9 Å². The van der Waals surface area contributed by atoms with Crippen molar-refractivity contribution >= 4 is 28.3 Å². The first kappa shape index (κ1) is 20.1. The lowest BCUT2D eigenvalue weighted by molar-refractivity contribution is -0.137. The lowest BCUT2D eigenvalue weighted by Crippen LogP contribution is -2.41. The standard InChI is InChI=1S/C15H21BF3NO4S/c1-6-25(21,22)20-12-8-10(15(17,18)19)7-11(9-12)16-23-13(2,3)14(4,5)24-16/h7-9,20H,6H2,1-5H3. The fourth-order valence-corrected chi connectivity index (χ4v) is 2.86. The molecular weight excluding hydrogens is 358 g/mol. The van der Waals surface area contributed by atoms with Crippen LogP contribution < -0.4 is 10.2 Å². The van der Waals surface area contributed by atoms with Gasteiger partial charge in [-0.2, -0.15) is 13.2 Å². The molecule has 2 rings (SSSR count). The first-order valence-corrected chi connectivity index (χ1v) is 9.40. The van der Waals surface area contributed by atoms with Crippen LogP contribution in [0.1, 0.15) is 40.2 Å². The van der Waals surface area contributed by atoms with Gasteiger partial charge in [0, 0.05) is 5.69 Å². The Kier molecular flexibility index (Phi) is 4.95. The summed E-state index contributed by atoms with van der Waals surface area (Å²) in [6.07, 6.45) is -4.63. The molecule has 0 atom stereocenters. The average Bonchev–Trinajstić information content (AvgIpc) is 2.66. The minimum atomic E-state index is -4.63. The topological polar surface area (TPSA) is 64.6 Å². The highest BCUT2D eigenvalue weighted by Gasteiger charge is 2.52. The van der Waals surface area contributed by atoms with Crippen LogP contribution in [0.25, 0.3) is 0 Å². The van der Waals surface area contributed by atoms with Gasteiger partial charge in [0.05, 0.1) is 22.5 Å². The van der Waals surface area contributed by atoms with Gasteiger partial charge in [-0.25, -0.2) is 8.42 Å². The van der Waals surface area contributed by atoms with Crippen molar-refractivity contribution < 1.29 is 30.9 Å². The summed E-state index contributed by atoms with van der Waals surface area (Å²) in [4.78, 5) is 0. The molecule has 1 aromatic carbocycles. The van der Waals surface area contributed by atoms with E-state index in [1.807, 2.05) is 0 Å². The molecule has 0 bridgehead atoms. The largest absolute Gasteiger partial charge is 0.494 e. The lowest BCUT2D eigenvalue weighted by Gasteiger charge is -2.32. The quantitative estimate of drug-likeness (QED) is 0.818. The average molecular weight is 379 g/mol. The Morgan fingerprint density at radius 3 is 2.04 bits per heavy atom. The highest BCUT2D eigenvalue weighted by Crippen LogP contribution is 2.37. The molecule has 0 spiro atoms. The molecule has 1 aliphatic heterocycles. The Balaban J connectivity index is 2.48. The number of benzene rings is 1. The highest BCUT2D eigenvalue weighted by atomic mass is 32.2. The minimum absolute atomic E-state index is 0.0993. The number of nitrogens with one attached hydrogen (secondary N) is 1. The number of alkyl halides is 3. The summed E-state index contributed by atoms with van der Waals surface area (Å²) in [5, 5.41) is 0. The Morgan fingerprint density at radius 2 is 1.60 bits per heavy atom. The van der Waals surface area contributed by atoms with Crippen molar-refractivity contribution in [3.63, 3.8) is 0 Å². The van der Waals surface area contributed by atoms with Gasteiger partial charge in [-0.3, -0.25) is 4.72 Å². The van der Waals surface area contributed by atoms with E-state index in [9.17, 15) is 21.6 Å². The van der Waals surface area contributed by atoms with E-state index in [1.165, 1.54) is 13.0 Å². The molecule has 1 N–H and O–H groups in total. The molecule has 5 nitrogen and oxygen atoms in total. The Hall–Kier alpha value is -1.26. The van der Waals surface area contributed by atoms with Gasteiger partial charge in [0.15, 0.2) is 0 Å². The zero-order chi connectivity index (χ0) is 19.3. The van der Waals surface area contributed by atoms with Crippen LogP contribution in [0.5, 0.6) is 0 Å². The molecule has 25 heavy (non-hydrogen) atoms. The normalized spacial score (nSPS) is 19.9. The molecule has 1 fully saturated rings. The summed E-state index contributed by atoms with van der Waals surface area (Å²) in [5.74, 6) is -0.255. The van der Waals surface area contributed by atoms with Crippen molar-refractivity contribution in [2.75, 3.05) is 10.5 Å². The van der Waals surface area contributed by atoms with Crippen LogP contribution in [0.3, 0.4) is 0 Å². The predicted octanol–water partition coefficient (Wildman–Crippen LogP) is 2.77. The van der Waals surface area contributed by atoms with Gasteiger partial charge >= 0.3 is 13.3 Å². The Bertz CT molecular complexity index is 747. The molecule has 0 saturated carbocycles. The second-order valence-corrected chi connectivity index (χ2v) is 8.95. The van der Waals surface area contributed by atoms with Gasteiger partial charge in [0.25, 0.3) is 0 Å². The van der Waals surface area contributed by atoms with Crippen molar-refractivity contribution in [1.82, 2.24) is 0 Å². The lowest BCUT2D eigenvalue weighted by atomic mass is 9.78. The van der Waals surface area contributed by atoms with Crippen LogP contribution in [0.2, 0.25) is 0 Å². The summed E-state index contributed by atoms with van der Waals surface area (Å²) in [7, 11) is -4.75. The monoisotopic (exact) mass is 379 g/mol. The molecular formula is C15H21BF3NO4S. The first-order chi connectivity index (χ1) is 11.2. The summed E-state index contributed by atoms with van der Waals surface area (Å²) >= 11 is 0. The van der Waals surface area contributed by atoms with Crippen LogP contribution in [0.15, 0.2) is 18.2 Å². The SMILES string of the molecule is CCS(=O)(=O)Nc1cc(B2OC(C)(C)C(C)(C)O2)cc(C(F)(F)F)c1. The van der Waals surface area contributed by atoms with Crippen LogP contribution in [-0.4, -0.2) is 32.5 Å². The van der Waals surface area contributed by atoms with E-state index in [1.54, 1.807) is 27.7 Å². The van der Waals surface area contributed by atoms with E-state index < -0.39 is 40.1 Å². The number of hydrogen-bond acceptors (Lipinski definition) is 4. The van der Waals surface area contributed by atoms with Gasteiger partial charge in [0.1, 0.15) is 0 Å². The first-order valence-electron chi connectivity index (χ1n) is 7.75. The third kappa shape index (κ3) is 4.29. The fourth-order valence-electron chi connectivity index (χ4n) is 2.24. The molecule has 0 amide bonds. The van der Waals surface area contributed by atoms with Crippen LogP contribution in [0, 0.1) is 0 Å². The second-order valence-electron chi connectivity index (χ2n) is 6.94.